The minimum Gasteiger partial charge on any atom is -0.355 e. The number of carbonyl (C=O) groups is 1. The molecule has 3 nitrogen and oxygen atoms in total. The van der Waals surface area contributed by atoms with Gasteiger partial charge in [-0.2, -0.15) is 0 Å². The zero-order chi connectivity index (χ0) is 10.9. The summed E-state index contributed by atoms with van der Waals surface area (Å²) in [6.07, 6.45) is 6.73. The van der Waals surface area contributed by atoms with Gasteiger partial charge in [-0.05, 0) is 32.4 Å². The Balaban J connectivity index is 1.91. The summed E-state index contributed by atoms with van der Waals surface area (Å²) in [5.41, 5.74) is 0. The smallest absolute Gasteiger partial charge is 0.220 e. The fraction of sp³-hybridized carbons (Fsp3) is 0.917. The Hall–Kier alpha value is -0.570. The summed E-state index contributed by atoms with van der Waals surface area (Å²) in [6.45, 7) is 6.44. The molecular weight excluding hydrogens is 188 g/mol. The molecule has 1 amide bonds. The van der Waals surface area contributed by atoms with E-state index in [2.05, 4.69) is 17.1 Å². The van der Waals surface area contributed by atoms with Crippen LogP contribution < -0.4 is 5.32 Å². The van der Waals surface area contributed by atoms with Crippen LogP contribution in [0.4, 0.5) is 0 Å². The van der Waals surface area contributed by atoms with Crippen LogP contribution in [0.25, 0.3) is 0 Å². The molecule has 3 heteroatoms. The molecule has 0 aromatic heterocycles. The first-order valence-corrected chi connectivity index (χ1v) is 6.32. The van der Waals surface area contributed by atoms with Gasteiger partial charge in [-0.3, -0.25) is 4.79 Å². The molecule has 1 saturated heterocycles. The van der Waals surface area contributed by atoms with Gasteiger partial charge in [-0.1, -0.05) is 19.8 Å². The molecule has 1 rings (SSSR count). The second-order valence-electron chi connectivity index (χ2n) is 4.36. The van der Waals surface area contributed by atoms with Crippen molar-refractivity contribution in [3.05, 3.63) is 0 Å². The van der Waals surface area contributed by atoms with Gasteiger partial charge in [0.05, 0.1) is 0 Å². The van der Waals surface area contributed by atoms with Crippen LogP contribution in [0.3, 0.4) is 0 Å². The van der Waals surface area contributed by atoms with Gasteiger partial charge in [0.1, 0.15) is 0 Å². The highest BCUT2D eigenvalue weighted by Gasteiger charge is 2.10. The number of hydrogen-bond acceptors (Lipinski definition) is 2. The molecule has 0 spiro atoms. The van der Waals surface area contributed by atoms with E-state index in [0.29, 0.717) is 6.42 Å². The van der Waals surface area contributed by atoms with Crippen molar-refractivity contribution in [3.8, 4) is 0 Å². The highest BCUT2D eigenvalue weighted by atomic mass is 16.1. The summed E-state index contributed by atoms with van der Waals surface area (Å²) in [6, 6.07) is 0. The number of nitrogens with one attached hydrogen (secondary N) is 1. The minimum absolute atomic E-state index is 0.225. The zero-order valence-corrected chi connectivity index (χ0v) is 9.93. The van der Waals surface area contributed by atoms with E-state index in [1.165, 1.54) is 38.8 Å². The van der Waals surface area contributed by atoms with Crippen LogP contribution in [0.5, 0.6) is 0 Å². The summed E-state index contributed by atoms with van der Waals surface area (Å²) in [5.74, 6) is 0.225. The number of hydrogen-bond donors (Lipinski definition) is 1. The highest BCUT2D eigenvalue weighted by Crippen LogP contribution is 2.05. The lowest BCUT2D eigenvalue weighted by molar-refractivity contribution is -0.121. The maximum Gasteiger partial charge on any atom is 0.220 e. The summed E-state index contributed by atoms with van der Waals surface area (Å²) < 4.78 is 0. The van der Waals surface area contributed by atoms with Gasteiger partial charge in [0.15, 0.2) is 0 Å². The Morgan fingerprint density at radius 2 is 2.00 bits per heavy atom. The average Bonchev–Trinajstić information content (AvgIpc) is 2.71. The van der Waals surface area contributed by atoms with Gasteiger partial charge in [-0.15, -0.1) is 0 Å². The Morgan fingerprint density at radius 1 is 1.27 bits per heavy atom. The number of carbonyl (C=O) groups excluding carboxylic acids is 1. The molecule has 0 saturated carbocycles. The molecule has 15 heavy (non-hydrogen) atoms. The first kappa shape index (κ1) is 12.5. The van der Waals surface area contributed by atoms with E-state index in [-0.39, 0.29) is 5.91 Å². The zero-order valence-electron chi connectivity index (χ0n) is 9.93. The van der Waals surface area contributed by atoms with Crippen LogP contribution in [0, 0.1) is 0 Å². The quantitative estimate of drug-likeness (QED) is 0.652. The first-order chi connectivity index (χ1) is 7.33. The summed E-state index contributed by atoms with van der Waals surface area (Å²) in [5, 5.41) is 2.99. The van der Waals surface area contributed by atoms with Crippen molar-refractivity contribution in [1.29, 1.82) is 0 Å². The third kappa shape index (κ3) is 5.78. The number of unbranched alkanes of at least 4 members (excludes halogenated alkanes) is 2. The predicted octanol–water partition coefficient (Wildman–Crippen LogP) is 1.78. The number of rotatable bonds is 7. The van der Waals surface area contributed by atoms with Crippen molar-refractivity contribution in [2.24, 2.45) is 0 Å². The number of likely N-dealkylation sites (tertiary alicyclic amines) is 1. The third-order valence-electron chi connectivity index (χ3n) is 2.96. The van der Waals surface area contributed by atoms with Crippen molar-refractivity contribution in [3.63, 3.8) is 0 Å². The largest absolute Gasteiger partial charge is 0.355 e. The lowest BCUT2D eigenvalue weighted by Crippen LogP contribution is -2.33. The molecule has 0 atom stereocenters. The van der Waals surface area contributed by atoms with E-state index in [1.54, 1.807) is 0 Å². The molecule has 1 aliphatic rings. The molecular formula is C12H24N2O. The molecule has 0 aromatic rings. The van der Waals surface area contributed by atoms with Crippen LogP contribution in [0.1, 0.15) is 45.4 Å². The average molecular weight is 212 g/mol. The molecule has 1 aliphatic heterocycles. The van der Waals surface area contributed by atoms with Crippen molar-refractivity contribution in [2.45, 2.75) is 45.4 Å². The molecule has 0 aromatic carbocycles. The van der Waals surface area contributed by atoms with Gasteiger partial charge < -0.3 is 10.2 Å². The third-order valence-corrected chi connectivity index (χ3v) is 2.96. The molecule has 0 unspecified atom stereocenters. The van der Waals surface area contributed by atoms with E-state index in [1.807, 2.05) is 0 Å². The van der Waals surface area contributed by atoms with Crippen molar-refractivity contribution in [1.82, 2.24) is 10.2 Å². The Labute approximate surface area is 93.2 Å². The minimum atomic E-state index is 0.225. The van der Waals surface area contributed by atoms with Gasteiger partial charge in [-0.25, -0.2) is 0 Å². The van der Waals surface area contributed by atoms with Crippen LogP contribution in [-0.4, -0.2) is 37.0 Å². The fourth-order valence-corrected chi connectivity index (χ4v) is 1.98. The Morgan fingerprint density at radius 3 is 2.67 bits per heavy atom. The van der Waals surface area contributed by atoms with Gasteiger partial charge in [0, 0.05) is 19.5 Å². The van der Waals surface area contributed by atoms with Crippen LogP contribution in [0.15, 0.2) is 0 Å². The molecule has 0 aliphatic carbocycles. The van der Waals surface area contributed by atoms with Crippen molar-refractivity contribution >= 4 is 5.91 Å². The molecule has 0 bridgehead atoms. The second kappa shape index (κ2) is 7.69. The van der Waals surface area contributed by atoms with Crippen LogP contribution >= 0.6 is 0 Å². The molecule has 0 radical (unpaired) electrons. The van der Waals surface area contributed by atoms with E-state index in [9.17, 15) is 4.79 Å². The monoisotopic (exact) mass is 212 g/mol. The van der Waals surface area contributed by atoms with Crippen molar-refractivity contribution in [2.75, 3.05) is 26.2 Å². The lowest BCUT2D eigenvalue weighted by atomic mass is 10.2. The van der Waals surface area contributed by atoms with E-state index < -0.39 is 0 Å². The lowest BCUT2D eigenvalue weighted by Gasteiger charge is -2.14. The SMILES string of the molecule is CCCCCC(=O)NCCN1CCCC1. The Bertz CT molecular complexity index is 176. The van der Waals surface area contributed by atoms with Gasteiger partial charge >= 0.3 is 0 Å². The molecule has 1 N–H and O–H groups in total. The highest BCUT2D eigenvalue weighted by molar-refractivity contribution is 5.75. The maximum atomic E-state index is 11.4. The number of amides is 1. The summed E-state index contributed by atoms with van der Waals surface area (Å²) in [7, 11) is 0. The molecule has 88 valence electrons. The first-order valence-electron chi connectivity index (χ1n) is 6.32. The Kier molecular flexibility index (Phi) is 6.41. The topological polar surface area (TPSA) is 32.3 Å². The van der Waals surface area contributed by atoms with E-state index in [4.69, 9.17) is 0 Å². The molecule has 1 heterocycles. The summed E-state index contributed by atoms with van der Waals surface area (Å²) in [4.78, 5) is 13.8. The van der Waals surface area contributed by atoms with E-state index in [0.717, 1.165) is 19.5 Å². The fourth-order valence-electron chi connectivity index (χ4n) is 1.98. The van der Waals surface area contributed by atoms with E-state index >= 15 is 0 Å². The van der Waals surface area contributed by atoms with Gasteiger partial charge in [0.2, 0.25) is 5.91 Å². The number of nitrogens with zero attached hydrogens (tertiary/aromatic N) is 1. The summed E-state index contributed by atoms with van der Waals surface area (Å²) >= 11 is 0. The van der Waals surface area contributed by atoms with Crippen LogP contribution in [0.2, 0.25) is 0 Å². The second-order valence-corrected chi connectivity index (χ2v) is 4.36. The predicted molar refractivity (Wildman–Crippen MR) is 62.8 cm³/mol. The van der Waals surface area contributed by atoms with Gasteiger partial charge in [0.25, 0.3) is 0 Å². The maximum absolute atomic E-state index is 11.4. The molecule has 1 fully saturated rings. The van der Waals surface area contributed by atoms with Crippen LogP contribution in [-0.2, 0) is 4.79 Å². The standard InChI is InChI=1S/C12H24N2O/c1-2-3-4-7-12(15)13-8-11-14-9-5-6-10-14/h2-11H2,1H3,(H,13,15). The van der Waals surface area contributed by atoms with Crippen molar-refractivity contribution < 1.29 is 4.79 Å². The normalized spacial score (nSPS) is 16.9.